The molecule has 2 N–H and O–H groups in total. The van der Waals surface area contributed by atoms with Crippen LogP contribution in [-0.2, 0) is 14.3 Å². The highest BCUT2D eigenvalue weighted by atomic mass is 16.5. The number of methoxy groups -OCH3 is 1. The molecule has 3 amide bonds. The number of piperidine rings is 1. The molecule has 7 heteroatoms. The molecule has 2 rings (SSSR count). The average Bonchev–Trinajstić information content (AvgIpc) is 2.61. The third-order valence-corrected chi connectivity index (χ3v) is 3.93. The predicted molar refractivity (Wildman–Crippen MR) is 88.4 cm³/mol. The third kappa shape index (κ3) is 5.34. The second-order valence-electron chi connectivity index (χ2n) is 5.70. The first-order chi connectivity index (χ1) is 11.6. The van der Waals surface area contributed by atoms with Crippen LogP contribution in [0.25, 0.3) is 0 Å². The normalized spacial score (nSPS) is 15.0. The Balaban J connectivity index is 1.68. The lowest BCUT2D eigenvalue weighted by Gasteiger charge is -2.32. The van der Waals surface area contributed by atoms with Crippen molar-refractivity contribution in [3.63, 3.8) is 0 Å². The van der Waals surface area contributed by atoms with Crippen LogP contribution in [0, 0.1) is 0 Å². The monoisotopic (exact) mass is 333 g/mol. The Morgan fingerprint density at radius 1 is 1.17 bits per heavy atom. The molecule has 0 radical (unpaired) electrons. The first kappa shape index (κ1) is 17.9. The van der Waals surface area contributed by atoms with Crippen LogP contribution in [0.1, 0.15) is 23.2 Å². The Morgan fingerprint density at radius 3 is 2.46 bits per heavy atom. The molecule has 24 heavy (non-hydrogen) atoms. The zero-order valence-corrected chi connectivity index (χ0v) is 13.8. The maximum atomic E-state index is 11.9. The topological polar surface area (TPSA) is 87.7 Å². The van der Waals surface area contributed by atoms with E-state index in [0.717, 1.165) is 0 Å². The van der Waals surface area contributed by atoms with Crippen LogP contribution in [0.5, 0.6) is 0 Å². The molecule has 0 aliphatic carbocycles. The first-order valence-electron chi connectivity index (χ1n) is 7.99. The Bertz CT molecular complexity index is 568. The summed E-state index contributed by atoms with van der Waals surface area (Å²) in [5.41, 5.74) is 0.523. The van der Waals surface area contributed by atoms with Crippen molar-refractivity contribution in [2.24, 2.45) is 0 Å². The summed E-state index contributed by atoms with van der Waals surface area (Å²) in [6.07, 6.45) is 1.40. The zero-order valence-electron chi connectivity index (χ0n) is 13.8. The summed E-state index contributed by atoms with van der Waals surface area (Å²) < 4.78 is 4.84. The van der Waals surface area contributed by atoms with Crippen molar-refractivity contribution in [1.82, 2.24) is 15.5 Å². The van der Waals surface area contributed by atoms with Gasteiger partial charge in [0.15, 0.2) is 0 Å². The van der Waals surface area contributed by atoms with Crippen LogP contribution in [0.3, 0.4) is 0 Å². The van der Waals surface area contributed by atoms with E-state index in [0.29, 0.717) is 31.5 Å². The number of amides is 3. The van der Waals surface area contributed by atoms with Gasteiger partial charge in [-0.05, 0) is 25.0 Å². The molecule has 1 aromatic carbocycles. The van der Waals surface area contributed by atoms with Crippen molar-refractivity contribution in [2.75, 3.05) is 33.4 Å². The smallest absolute Gasteiger partial charge is 0.251 e. The van der Waals surface area contributed by atoms with Crippen molar-refractivity contribution in [2.45, 2.75) is 18.9 Å². The third-order valence-electron chi connectivity index (χ3n) is 3.93. The van der Waals surface area contributed by atoms with Gasteiger partial charge >= 0.3 is 0 Å². The SMILES string of the molecule is COCC(=O)N1CCC(NC(=O)CNC(=O)c2ccccc2)CC1. The van der Waals surface area contributed by atoms with Crippen molar-refractivity contribution in [3.05, 3.63) is 35.9 Å². The minimum absolute atomic E-state index is 0.0257. The summed E-state index contributed by atoms with van der Waals surface area (Å²) in [6.45, 7) is 1.23. The van der Waals surface area contributed by atoms with Gasteiger partial charge in [0.05, 0.1) is 6.54 Å². The fraction of sp³-hybridized carbons (Fsp3) is 0.471. The van der Waals surface area contributed by atoms with Crippen LogP contribution < -0.4 is 10.6 Å². The molecule has 1 heterocycles. The minimum atomic E-state index is -0.272. The van der Waals surface area contributed by atoms with Crippen molar-refractivity contribution >= 4 is 17.7 Å². The minimum Gasteiger partial charge on any atom is -0.375 e. The van der Waals surface area contributed by atoms with E-state index < -0.39 is 0 Å². The maximum Gasteiger partial charge on any atom is 0.251 e. The highest BCUT2D eigenvalue weighted by Gasteiger charge is 2.23. The second-order valence-corrected chi connectivity index (χ2v) is 5.70. The Labute approximate surface area is 141 Å². The van der Waals surface area contributed by atoms with Gasteiger partial charge in [-0.25, -0.2) is 0 Å². The van der Waals surface area contributed by atoms with Crippen LogP contribution >= 0.6 is 0 Å². The number of nitrogens with one attached hydrogen (secondary N) is 2. The molecule has 1 fully saturated rings. The number of benzene rings is 1. The zero-order chi connectivity index (χ0) is 17.4. The fourth-order valence-electron chi connectivity index (χ4n) is 2.62. The van der Waals surface area contributed by atoms with Gasteiger partial charge in [-0.15, -0.1) is 0 Å². The van der Waals surface area contributed by atoms with E-state index in [2.05, 4.69) is 10.6 Å². The van der Waals surface area contributed by atoms with Gasteiger partial charge in [-0.3, -0.25) is 14.4 Å². The number of ether oxygens (including phenoxy) is 1. The summed E-state index contributed by atoms with van der Waals surface area (Å²) in [7, 11) is 1.49. The molecule has 0 bridgehead atoms. The molecule has 0 aromatic heterocycles. The average molecular weight is 333 g/mol. The number of carbonyl (C=O) groups excluding carboxylic acids is 3. The van der Waals surface area contributed by atoms with Crippen LogP contribution in [-0.4, -0.2) is 62.0 Å². The summed E-state index contributed by atoms with van der Waals surface area (Å²) >= 11 is 0. The lowest BCUT2D eigenvalue weighted by atomic mass is 10.0. The highest BCUT2D eigenvalue weighted by molar-refractivity contribution is 5.96. The largest absolute Gasteiger partial charge is 0.375 e. The van der Waals surface area contributed by atoms with E-state index in [4.69, 9.17) is 4.74 Å². The molecular formula is C17H23N3O4. The van der Waals surface area contributed by atoms with Crippen LogP contribution in [0.15, 0.2) is 30.3 Å². The summed E-state index contributed by atoms with van der Waals surface area (Å²) in [4.78, 5) is 37.3. The highest BCUT2D eigenvalue weighted by Crippen LogP contribution is 2.10. The van der Waals surface area contributed by atoms with Gasteiger partial charge in [0.2, 0.25) is 11.8 Å². The standard InChI is InChI=1S/C17H23N3O4/c1-24-12-16(22)20-9-7-14(8-10-20)19-15(21)11-18-17(23)13-5-3-2-4-6-13/h2-6,14H,7-12H2,1H3,(H,18,23)(H,19,21). The van der Waals surface area contributed by atoms with E-state index in [1.807, 2.05) is 6.07 Å². The number of hydrogen-bond acceptors (Lipinski definition) is 4. The number of carbonyl (C=O) groups is 3. The van der Waals surface area contributed by atoms with Gasteiger partial charge in [0, 0.05) is 31.8 Å². The summed E-state index contributed by atoms with van der Waals surface area (Å²) in [5.74, 6) is -0.524. The Morgan fingerprint density at radius 2 is 1.83 bits per heavy atom. The van der Waals surface area contributed by atoms with Crippen molar-refractivity contribution in [1.29, 1.82) is 0 Å². The molecule has 1 aromatic rings. The van der Waals surface area contributed by atoms with E-state index in [1.54, 1.807) is 29.2 Å². The van der Waals surface area contributed by atoms with Gasteiger partial charge in [0.25, 0.3) is 5.91 Å². The lowest BCUT2D eigenvalue weighted by molar-refractivity contribution is -0.136. The first-order valence-corrected chi connectivity index (χ1v) is 7.99. The van der Waals surface area contributed by atoms with Gasteiger partial charge in [-0.2, -0.15) is 0 Å². The Kier molecular flexibility index (Phi) is 6.74. The van der Waals surface area contributed by atoms with E-state index in [9.17, 15) is 14.4 Å². The van der Waals surface area contributed by atoms with Crippen molar-refractivity contribution < 1.29 is 19.1 Å². The van der Waals surface area contributed by atoms with Gasteiger partial charge < -0.3 is 20.3 Å². The molecule has 0 unspecified atom stereocenters. The fourth-order valence-corrected chi connectivity index (χ4v) is 2.62. The molecule has 1 aliphatic heterocycles. The molecule has 7 nitrogen and oxygen atoms in total. The van der Waals surface area contributed by atoms with E-state index in [1.165, 1.54) is 7.11 Å². The van der Waals surface area contributed by atoms with Gasteiger partial charge in [0.1, 0.15) is 6.61 Å². The molecule has 1 aliphatic rings. The summed E-state index contributed by atoms with van der Waals surface area (Å²) in [6, 6.07) is 8.78. The van der Waals surface area contributed by atoms with Crippen LogP contribution in [0.4, 0.5) is 0 Å². The molecule has 0 atom stereocenters. The molecule has 130 valence electrons. The molecule has 0 saturated carbocycles. The summed E-state index contributed by atoms with van der Waals surface area (Å²) in [5, 5.41) is 5.49. The Hall–Kier alpha value is -2.41. The number of hydrogen-bond donors (Lipinski definition) is 2. The second kappa shape index (κ2) is 9.02. The predicted octanol–water partition coefficient (Wildman–Crippen LogP) is 0.170. The quantitative estimate of drug-likeness (QED) is 0.777. The van der Waals surface area contributed by atoms with Crippen LogP contribution in [0.2, 0.25) is 0 Å². The number of nitrogens with zero attached hydrogens (tertiary/aromatic N) is 1. The molecular weight excluding hydrogens is 310 g/mol. The van der Waals surface area contributed by atoms with E-state index >= 15 is 0 Å². The maximum absolute atomic E-state index is 11.9. The number of likely N-dealkylation sites (tertiary alicyclic amines) is 1. The molecule has 1 saturated heterocycles. The number of rotatable bonds is 6. The van der Waals surface area contributed by atoms with Gasteiger partial charge in [-0.1, -0.05) is 18.2 Å². The van der Waals surface area contributed by atoms with Crippen molar-refractivity contribution in [3.8, 4) is 0 Å². The van der Waals surface area contributed by atoms with E-state index in [-0.39, 0.29) is 36.9 Å². The lowest BCUT2D eigenvalue weighted by Crippen LogP contribution is -2.49. The molecule has 0 spiro atoms.